The van der Waals surface area contributed by atoms with Gasteiger partial charge in [-0.25, -0.2) is 9.37 Å². The molecule has 0 atom stereocenters. The second-order valence-corrected chi connectivity index (χ2v) is 2.55. The Balaban J connectivity index is 2.67. The van der Waals surface area contributed by atoms with Crippen LogP contribution in [0.3, 0.4) is 0 Å². The van der Waals surface area contributed by atoms with Gasteiger partial charge in [-0.15, -0.1) is 0 Å². The molecule has 0 spiro atoms. The molecule has 12 heavy (non-hydrogen) atoms. The van der Waals surface area contributed by atoms with Crippen molar-refractivity contribution in [1.82, 2.24) is 9.38 Å². The van der Waals surface area contributed by atoms with Crippen molar-refractivity contribution in [3.63, 3.8) is 0 Å². The number of halogens is 1. The Morgan fingerprint density at radius 3 is 3.00 bits per heavy atom. The number of imidazole rings is 1. The molecule has 0 aliphatic heterocycles. The van der Waals surface area contributed by atoms with Crippen molar-refractivity contribution in [2.45, 2.75) is 6.54 Å². The lowest BCUT2D eigenvalue weighted by Gasteiger charge is -1.90. The fourth-order valence-corrected chi connectivity index (χ4v) is 1.12. The summed E-state index contributed by atoms with van der Waals surface area (Å²) >= 11 is 0. The van der Waals surface area contributed by atoms with Crippen LogP contribution in [0.1, 0.15) is 5.69 Å². The minimum Gasteiger partial charge on any atom is -0.325 e. The average molecular weight is 165 g/mol. The molecule has 2 heterocycles. The zero-order valence-corrected chi connectivity index (χ0v) is 6.37. The first-order chi connectivity index (χ1) is 5.79. The minimum absolute atomic E-state index is 0.275. The molecule has 62 valence electrons. The number of hydrogen-bond donors (Lipinski definition) is 1. The highest BCUT2D eigenvalue weighted by Crippen LogP contribution is 2.05. The van der Waals surface area contributed by atoms with E-state index >= 15 is 0 Å². The Bertz CT molecular complexity index is 408. The van der Waals surface area contributed by atoms with Crippen molar-refractivity contribution in [3.8, 4) is 0 Å². The fraction of sp³-hybridized carbons (Fsp3) is 0.125. The Morgan fingerprint density at radius 2 is 2.25 bits per heavy atom. The quantitative estimate of drug-likeness (QED) is 0.683. The summed E-state index contributed by atoms with van der Waals surface area (Å²) in [6.45, 7) is 0.378. The summed E-state index contributed by atoms with van der Waals surface area (Å²) in [4.78, 5) is 4.14. The lowest BCUT2D eigenvalue weighted by atomic mass is 10.5. The normalized spacial score (nSPS) is 10.8. The molecule has 0 radical (unpaired) electrons. The van der Waals surface area contributed by atoms with Crippen LogP contribution in [0.2, 0.25) is 0 Å². The third kappa shape index (κ3) is 1.06. The monoisotopic (exact) mass is 165 g/mol. The maximum absolute atomic E-state index is 12.7. The smallest absolute Gasteiger partial charge is 0.139 e. The van der Waals surface area contributed by atoms with Gasteiger partial charge in [0.05, 0.1) is 5.69 Å². The van der Waals surface area contributed by atoms with Gasteiger partial charge in [-0.1, -0.05) is 0 Å². The molecule has 2 aromatic rings. The molecule has 0 bridgehead atoms. The SMILES string of the molecule is NCc1cn2cc(F)ccc2n1. The third-order valence-corrected chi connectivity index (χ3v) is 1.67. The van der Waals surface area contributed by atoms with Crippen molar-refractivity contribution in [1.29, 1.82) is 0 Å². The number of aromatic nitrogens is 2. The van der Waals surface area contributed by atoms with Gasteiger partial charge in [0.2, 0.25) is 0 Å². The summed E-state index contributed by atoms with van der Waals surface area (Å²) in [7, 11) is 0. The van der Waals surface area contributed by atoms with Crippen molar-refractivity contribution >= 4 is 5.65 Å². The van der Waals surface area contributed by atoms with Crippen molar-refractivity contribution < 1.29 is 4.39 Å². The highest BCUT2D eigenvalue weighted by molar-refractivity contribution is 5.39. The molecule has 2 rings (SSSR count). The molecule has 0 aliphatic carbocycles. The summed E-state index contributed by atoms with van der Waals surface area (Å²) in [5.41, 5.74) is 6.87. The van der Waals surface area contributed by atoms with E-state index in [0.717, 1.165) is 11.3 Å². The Morgan fingerprint density at radius 1 is 1.42 bits per heavy atom. The van der Waals surface area contributed by atoms with Crippen LogP contribution in [-0.4, -0.2) is 9.38 Å². The van der Waals surface area contributed by atoms with Gasteiger partial charge >= 0.3 is 0 Å². The molecule has 0 amide bonds. The molecule has 3 nitrogen and oxygen atoms in total. The minimum atomic E-state index is -0.275. The maximum Gasteiger partial charge on any atom is 0.139 e. The van der Waals surface area contributed by atoms with Gasteiger partial charge < -0.3 is 10.1 Å². The van der Waals surface area contributed by atoms with Crippen LogP contribution in [0.5, 0.6) is 0 Å². The fourth-order valence-electron chi connectivity index (χ4n) is 1.12. The van der Waals surface area contributed by atoms with Gasteiger partial charge in [0.25, 0.3) is 0 Å². The van der Waals surface area contributed by atoms with E-state index in [0.29, 0.717) is 6.54 Å². The maximum atomic E-state index is 12.7. The second kappa shape index (κ2) is 2.57. The Hall–Kier alpha value is -1.42. The van der Waals surface area contributed by atoms with Gasteiger partial charge in [0.15, 0.2) is 0 Å². The standard InChI is InChI=1S/C8H8FN3/c9-6-1-2-8-11-7(3-10)5-12(8)4-6/h1-2,4-5H,3,10H2. The van der Waals surface area contributed by atoms with E-state index in [9.17, 15) is 4.39 Å². The van der Waals surface area contributed by atoms with E-state index in [-0.39, 0.29) is 5.82 Å². The van der Waals surface area contributed by atoms with E-state index < -0.39 is 0 Å². The second-order valence-electron chi connectivity index (χ2n) is 2.55. The molecule has 0 fully saturated rings. The van der Waals surface area contributed by atoms with Crippen LogP contribution in [0, 0.1) is 5.82 Å². The van der Waals surface area contributed by atoms with Crippen molar-refractivity contribution in [2.24, 2.45) is 5.73 Å². The van der Waals surface area contributed by atoms with Crippen LogP contribution < -0.4 is 5.73 Å². The first kappa shape index (κ1) is 7.24. The van der Waals surface area contributed by atoms with Crippen LogP contribution in [0.25, 0.3) is 5.65 Å². The van der Waals surface area contributed by atoms with E-state index in [2.05, 4.69) is 4.98 Å². The van der Waals surface area contributed by atoms with Gasteiger partial charge in [0.1, 0.15) is 11.5 Å². The lowest BCUT2D eigenvalue weighted by Crippen LogP contribution is -1.95. The van der Waals surface area contributed by atoms with Gasteiger partial charge in [-0.05, 0) is 12.1 Å². The number of fused-ring (bicyclic) bond motifs is 1. The molecule has 0 unspecified atom stereocenters. The summed E-state index contributed by atoms with van der Waals surface area (Å²) in [6, 6.07) is 3.00. The molecule has 2 aromatic heterocycles. The number of rotatable bonds is 1. The van der Waals surface area contributed by atoms with Gasteiger partial charge in [0, 0.05) is 18.9 Å². The summed E-state index contributed by atoms with van der Waals surface area (Å²) in [5.74, 6) is -0.275. The molecule has 0 saturated carbocycles. The average Bonchev–Trinajstić information content (AvgIpc) is 2.46. The van der Waals surface area contributed by atoms with Crippen molar-refractivity contribution in [3.05, 3.63) is 36.0 Å². The molecule has 0 aromatic carbocycles. The summed E-state index contributed by atoms with van der Waals surface area (Å²) < 4.78 is 14.3. The van der Waals surface area contributed by atoms with Gasteiger partial charge in [-0.2, -0.15) is 0 Å². The number of nitrogens with two attached hydrogens (primary N) is 1. The number of nitrogens with zero attached hydrogens (tertiary/aromatic N) is 2. The van der Waals surface area contributed by atoms with E-state index in [1.807, 2.05) is 0 Å². The van der Waals surface area contributed by atoms with E-state index in [1.54, 1.807) is 16.7 Å². The van der Waals surface area contributed by atoms with Gasteiger partial charge in [-0.3, -0.25) is 0 Å². The van der Waals surface area contributed by atoms with Crippen LogP contribution in [0.15, 0.2) is 24.5 Å². The largest absolute Gasteiger partial charge is 0.325 e. The molecule has 4 heteroatoms. The predicted molar refractivity (Wildman–Crippen MR) is 43.0 cm³/mol. The van der Waals surface area contributed by atoms with Crippen LogP contribution >= 0.6 is 0 Å². The van der Waals surface area contributed by atoms with Crippen LogP contribution in [-0.2, 0) is 6.54 Å². The third-order valence-electron chi connectivity index (χ3n) is 1.67. The summed E-state index contributed by atoms with van der Waals surface area (Å²) in [6.07, 6.45) is 3.10. The highest BCUT2D eigenvalue weighted by atomic mass is 19.1. The number of hydrogen-bond acceptors (Lipinski definition) is 2. The lowest BCUT2D eigenvalue weighted by molar-refractivity contribution is 0.619. The predicted octanol–water partition coefficient (Wildman–Crippen LogP) is 0.932. The van der Waals surface area contributed by atoms with E-state index in [4.69, 9.17) is 5.73 Å². The number of pyridine rings is 1. The molecular formula is C8H8FN3. The molecular weight excluding hydrogens is 157 g/mol. The first-order valence-corrected chi connectivity index (χ1v) is 3.63. The zero-order chi connectivity index (χ0) is 8.55. The summed E-state index contributed by atoms with van der Waals surface area (Å²) in [5, 5.41) is 0. The van der Waals surface area contributed by atoms with Crippen molar-refractivity contribution in [2.75, 3.05) is 0 Å². The zero-order valence-electron chi connectivity index (χ0n) is 6.37. The first-order valence-electron chi connectivity index (χ1n) is 3.63. The van der Waals surface area contributed by atoms with Crippen LogP contribution in [0.4, 0.5) is 4.39 Å². The Labute approximate surface area is 68.6 Å². The molecule has 0 aliphatic rings. The topological polar surface area (TPSA) is 43.3 Å². The Kier molecular flexibility index (Phi) is 1.55. The highest BCUT2D eigenvalue weighted by Gasteiger charge is 1.99. The molecule has 2 N–H and O–H groups in total. The molecule has 0 saturated heterocycles. The van der Waals surface area contributed by atoms with E-state index in [1.165, 1.54) is 12.3 Å².